The second-order valence-corrected chi connectivity index (χ2v) is 9.93. The first-order chi connectivity index (χ1) is 17.2. The summed E-state index contributed by atoms with van der Waals surface area (Å²) in [7, 11) is 2.16. The highest BCUT2D eigenvalue weighted by Crippen LogP contribution is 2.29. The number of carbonyl (C=O) groups is 1. The summed E-state index contributed by atoms with van der Waals surface area (Å²) in [4.78, 5) is 26.7. The van der Waals surface area contributed by atoms with Gasteiger partial charge in [0, 0.05) is 53.7 Å². The topological polar surface area (TPSA) is 73.4 Å². The molecule has 2 aromatic heterocycles. The number of hydrogen-bond acceptors (Lipinski definition) is 6. The van der Waals surface area contributed by atoms with Crippen molar-refractivity contribution >= 4 is 22.5 Å². The quantitative estimate of drug-likeness (QED) is 0.483. The van der Waals surface area contributed by atoms with Crippen molar-refractivity contribution in [3.8, 4) is 11.3 Å². The molecule has 0 radical (unpaired) electrons. The number of hydrogen-bond donors (Lipinski definition) is 2. The van der Waals surface area contributed by atoms with Gasteiger partial charge in [0.05, 0.1) is 11.2 Å². The Hall–Kier alpha value is -3.03. The molecule has 0 bridgehead atoms. The second kappa shape index (κ2) is 11.1. The van der Waals surface area contributed by atoms with Crippen LogP contribution in [0, 0.1) is 0 Å². The summed E-state index contributed by atoms with van der Waals surface area (Å²) in [6.45, 7) is 6.31. The van der Waals surface area contributed by atoms with Gasteiger partial charge >= 0.3 is 0 Å². The summed E-state index contributed by atoms with van der Waals surface area (Å²) in [5, 5.41) is 7.82. The highest BCUT2D eigenvalue weighted by atomic mass is 16.1. The summed E-state index contributed by atoms with van der Waals surface area (Å²) in [5.74, 6) is -0.0135. The van der Waals surface area contributed by atoms with Gasteiger partial charge in [-0.25, -0.2) is 4.98 Å². The second-order valence-electron chi connectivity index (χ2n) is 9.93. The van der Waals surface area contributed by atoms with Gasteiger partial charge in [0.15, 0.2) is 0 Å². The number of nitrogens with one attached hydrogen (secondary N) is 2. The van der Waals surface area contributed by atoms with Crippen LogP contribution in [0.3, 0.4) is 0 Å². The van der Waals surface area contributed by atoms with E-state index in [2.05, 4.69) is 38.5 Å². The van der Waals surface area contributed by atoms with Crippen molar-refractivity contribution < 1.29 is 4.79 Å². The lowest BCUT2D eigenvalue weighted by atomic mass is 10.1. The van der Waals surface area contributed by atoms with E-state index >= 15 is 0 Å². The molecule has 184 valence electrons. The van der Waals surface area contributed by atoms with E-state index in [9.17, 15) is 4.79 Å². The van der Waals surface area contributed by atoms with Gasteiger partial charge in [0.2, 0.25) is 0 Å². The third kappa shape index (κ3) is 5.97. The van der Waals surface area contributed by atoms with Gasteiger partial charge in [-0.2, -0.15) is 0 Å². The molecule has 4 heterocycles. The van der Waals surface area contributed by atoms with Crippen molar-refractivity contribution in [2.45, 2.75) is 38.1 Å². The summed E-state index contributed by atoms with van der Waals surface area (Å²) in [6, 6.07) is 12.3. The minimum Gasteiger partial charge on any atom is -0.380 e. The Balaban J connectivity index is 1.24. The fourth-order valence-electron chi connectivity index (χ4n) is 5.19. The third-order valence-corrected chi connectivity index (χ3v) is 7.19. The fourth-order valence-corrected chi connectivity index (χ4v) is 5.19. The minimum absolute atomic E-state index is 0.0135. The number of anilines is 1. The van der Waals surface area contributed by atoms with E-state index in [4.69, 9.17) is 4.98 Å². The molecule has 2 aliphatic heterocycles. The van der Waals surface area contributed by atoms with Crippen LogP contribution in [0.15, 0.2) is 48.8 Å². The average molecular weight is 473 g/mol. The zero-order valence-corrected chi connectivity index (χ0v) is 20.7. The Bertz CT molecular complexity index is 1140. The van der Waals surface area contributed by atoms with Crippen molar-refractivity contribution in [3.63, 3.8) is 0 Å². The van der Waals surface area contributed by atoms with E-state index in [0.717, 1.165) is 60.3 Å². The van der Waals surface area contributed by atoms with E-state index in [1.54, 1.807) is 6.20 Å². The lowest BCUT2D eigenvalue weighted by Gasteiger charge is -2.26. The minimum atomic E-state index is -0.0135. The normalized spacial score (nSPS) is 19.2. The largest absolute Gasteiger partial charge is 0.380 e. The predicted octanol–water partition coefficient (Wildman–Crippen LogP) is 4.02. The van der Waals surface area contributed by atoms with Gasteiger partial charge in [-0.3, -0.25) is 9.78 Å². The first-order valence-corrected chi connectivity index (χ1v) is 13.0. The summed E-state index contributed by atoms with van der Waals surface area (Å²) < 4.78 is 0. The number of aromatic nitrogens is 2. The molecule has 2 N–H and O–H groups in total. The Kier molecular flexibility index (Phi) is 7.54. The zero-order valence-electron chi connectivity index (χ0n) is 20.7. The molecule has 7 nitrogen and oxygen atoms in total. The Morgan fingerprint density at radius 1 is 1.09 bits per heavy atom. The average Bonchev–Trinajstić information content (AvgIpc) is 3.31. The van der Waals surface area contributed by atoms with Crippen LogP contribution < -0.4 is 10.6 Å². The lowest BCUT2D eigenvalue weighted by molar-refractivity contribution is 0.0951. The highest BCUT2D eigenvalue weighted by molar-refractivity contribution is 5.95. The molecule has 2 aliphatic rings. The van der Waals surface area contributed by atoms with E-state index in [1.165, 1.54) is 32.4 Å². The van der Waals surface area contributed by atoms with Crippen LogP contribution in [0.5, 0.6) is 0 Å². The zero-order chi connectivity index (χ0) is 24.0. The Labute approximate surface area is 207 Å². The molecular weight excluding hydrogens is 436 g/mol. The van der Waals surface area contributed by atoms with Crippen LogP contribution in [0.25, 0.3) is 22.2 Å². The number of fused-ring (bicyclic) bond motifs is 1. The summed E-state index contributed by atoms with van der Waals surface area (Å²) >= 11 is 0. The van der Waals surface area contributed by atoms with Crippen LogP contribution in [0.2, 0.25) is 0 Å². The number of benzene rings is 1. The van der Waals surface area contributed by atoms with Gasteiger partial charge in [0.1, 0.15) is 0 Å². The smallest absolute Gasteiger partial charge is 0.251 e. The third-order valence-electron chi connectivity index (χ3n) is 7.19. The molecule has 0 aliphatic carbocycles. The first-order valence-electron chi connectivity index (χ1n) is 13.0. The van der Waals surface area contributed by atoms with Gasteiger partial charge in [-0.15, -0.1) is 0 Å². The molecule has 5 rings (SSSR count). The number of likely N-dealkylation sites (tertiary alicyclic amines) is 2. The first kappa shape index (κ1) is 23.7. The number of pyridine rings is 2. The van der Waals surface area contributed by atoms with Crippen LogP contribution in [0.4, 0.5) is 5.69 Å². The van der Waals surface area contributed by atoms with Crippen LogP contribution in [0.1, 0.15) is 42.5 Å². The molecule has 35 heavy (non-hydrogen) atoms. The van der Waals surface area contributed by atoms with Crippen LogP contribution >= 0.6 is 0 Å². The monoisotopic (exact) mass is 472 g/mol. The summed E-state index contributed by atoms with van der Waals surface area (Å²) in [5.41, 5.74) is 4.56. The number of amides is 1. The molecule has 1 atom stereocenters. The molecule has 0 saturated carbocycles. The van der Waals surface area contributed by atoms with E-state index < -0.39 is 0 Å². The van der Waals surface area contributed by atoms with Crippen LogP contribution in [-0.2, 0) is 0 Å². The van der Waals surface area contributed by atoms with Gasteiger partial charge < -0.3 is 20.4 Å². The van der Waals surface area contributed by atoms with Crippen molar-refractivity contribution in [1.29, 1.82) is 0 Å². The van der Waals surface area contributed by atoms with Gasteiger partial charge in [0.25, 0.3) is 5.91 Å². The van der Waals surface area contributed by atoms with E-state index in [-0.39, 0.29) is 5.91 Å². The maximum Gasteiger partial charge on any atom is 0.251 e. The fraction of sp³-hybridized carbons (Fsp3) is 0.464. The molecule has 1 amide bonds. The highest BCUT2D eigenvalue weighted by Gasteiger charge is 2.20. The Morgan fingerprint density at radius 2 is 1.91 bits per heavy atom. The van der Waals surface area contributed by atoms with Crippen molar-refractivity contribution in [2.24, 2.45) is 0 Å². The molecule has 3 aromatic rings. The molecule has 2 saturated heterocycles. The van der Waals surface area contributed by atoms with E-state index in [1.807, 2.05) is 36.5 Å². The standard InChI is InChI=1S/C28H36N6O/c1-33-17-11-23(20-33)31-27-18-26(32-25-10-13-29-19-24(25)27)21-6-8-22(9-7-21)28(35)30-12-5-16-34-14-3-2-4-15-34/h6-10,13,18-19,23H,2-5,11-12,14-17,20H2,1H3,(H,30,35)(H,31,32). The number of rotatable bonds is 8. The number of piperidine rings is 1. The SMILES string of the molecule is CN1CCC(Nc2cc(-c3ccc(C(=O)NCCCN4CCCCC4)cc3)nc3ccncc23)C1. The van der Waals surface area contributed by atoms with Crippen molar-refractivity contribution in [3.05, 3.63) is 54.4 Å². The van der Waals surface area contributed by atoms with Crippen molar-refractivity contribution in [2.75, 3.05) is 51.6 Å². The molecule has 2 fully saturated rings. The maximum absolute atomic E-state index is 12.6. The Morgan fingerprint density at radius 3 is 2.69 bits per heavy atom. The maximum atomic E-state index is 12.6. The number of carbonyl (C=O) groups excluding carboxylic acids is 1. The number of nitrogens with zero attached hydrogens (tertiary/aromatic N) is 4. The molecule has 0 spiro atoms. The van der Waals surface area contributed by atoms with E-state index in [0.29, 0.717) is 18.2 Å². The van der Waals surface area contributed by atoms with Crippen molar-refractivity contribution in [1.82, 2.24) is 25.1 Å². The lowest BCUT2D eigenvalue weighted by Crippen LogP contribution is -2.33. The molecular formula is C28H36N6O. The van der Waals surface area contributed by atoms with Crippen LogP contribution in [-0.4, -0.2) is 78.0 Å². The molecule has 7 heteroatoms. The number of likely N-dealkylation sites (N-methyl/N-ethyl adjacent to an activating group) is 1. The predicted molar refractivity (Wildman–Crippen MR) is 142 cm³/mol. The molecule has 1 aromatic carbocycles. The van der Waals surface area contributed by atoms with Gasteiger partial charge in [-0.05, 0) is 83.2 Å². The summed E-state index contributed by atoms with van der Waals surface area (Å²) in [6.07, 6.45) is 9.74. The van der Waals surface area contributed by atoms with Gasteiger partial charge in [-0.1, -0.05) is 18.6 Å². The molecule has 1 unspecified atom stereocenters.